The van der Waals surface area contributed by atoms with Crippen molar-refractivity contribution in [2.75, 3.05) is 6.54 Å². The molecule has 1 heterocycles. The van der Waals surface area contributed by atoms with Gasteiger partial charge in [-0.25, -0.2) is 4.98 Å². The molecule has 20 heavy (non-hydrogen) atoms. The maximum atomic E-state index is 6.26. The topological polar surface area (TPSA) is 29.9 Å². The Morgan fingerprint density at radius 3 is 2.85 bits per heavy atom. The van der Waals surface area contributed by atoms with Crippen LogP contribution in [0.15, 0.2) is 24.4 Å². The Morgan fingerprint density at radius 1 is 1.30 bits per heavy atom. The zero-order chi connectivity index (χ0) is 14.5. The number of benzene rings is 1. The molecular weight excluding hydrogens is 293 g/mol. The number of hydrogen-bond donors (Lipinski definition) is 1. The van der Waals surface area contributed by atoms with Gasteiger partial charge >= 0.3 is 0 Å². The summed E-state index contributed by atoms with van der Waals surface area (Å²) in [6.45, 7) is 6.66. The first kappa shape index (κ1) is 15.4. The van der Waals surface area contributed by atoms with Crippen LogP contribution >= 0.6 is 23.2 Å². The lowest BCUT2D eigenvalue weighted by atomic mass is 10.2. The average Bonchev–Trinajstić information content (AvgIpc) is 2.77. The molecule has 1 N–H and O–H groups in total. The number of imidazole rings is 1. The van der Waals surface area contributed by atoms with Crippen molar-refractivity contribution in [2.45, 2.75) is 33.4 Å². The van der Waals surface area contributed by atoms with Gasteiger partial charge in [0.15, 0.2) is 0 Å². The second-order valence-corrected chi connectivity index (χ2v) is 5.56. The van der Waals surface area contributed by atoms with Crippen molar-refractivity contribution in [3.05, 3.63) is 51.5 Å². The van der Waals surface area contributed by atoms with E-state index in [2.05, 4.69) is 21.8 Å². The highest BCUT2D eigenvalue weighted by atomic mass is 35.5. The molecule has 2 rings (SSSR count). The molecule has 0 atom stereocenters. The summed E-state index contributed by atoms with van der Waals surface area (Å²) in [5, 5.41) is 4.61. The molecule has 0 bridgehead atoms. The second-order valence-electron chi connectivity index (χ2n) is 4.77. The Hall–Kier alpha value is -1.03. The third kappa shape index (κ3) is 3.54. The lowest BCUT2D eigenvalue weighted by molar-refractivity contribution is 0.623. The zero-order valence-corrected chi connectivity index (χ0v) is 13.3. The molecule has 0 saturated carbocycles. The molecule has 0 spiro atoms. The van der Waals surface area contributed by atoms with Gasteiger partial charge in [0.1, 0.15) is 5.82 Å². The van der Waals surface area contributed by atoms with E-state index in [4.69, 9.17) is 23.2 Å². The summed E-state index contributed by atoms with van der Waals surface area (Å²) in [4.78, 5) is 4.39. The largest absolute Gasteiger partial charge is 0.327 e. The lowest BCUT2D eigenvalue weighted by Crippen LogP contribution is -2.17. The normalized spacial score (nSPS) is 11.0. The van der Waals surface area contributed by atoms with E-state index in [1.54, 1.807) is 6.07 Å². The van der Waals surface area contributed by atoms with Crippen LogP contribution in [-0.4, -0.2) is 16.1 Å². The van der Waals surface area contributed by atoms with E-state index in [1.807, 2.05) is 25.3 Å². The Balaban J connectivity index is 2.20. The van der Waals surface area contributed by atoms with Crippen molar-refractivity contribution >= 4 is 23.2 Å². The predicted octanol–water partition coefficient (Wildman–Crippen LogP) is 4.05. The molecule has 0 radical (unpaired) electrons. The minimum atomic E-state index is 0.590. The number of hydrogen-bond acceptors (Lipinski definition) is 2. The highest BCUT2D eigenvalue weighted by Gasteiger charge is 2.10. The summed E-state index contributed by atoms with van der Waals surface area (Å²) >= 11 is 12.3. The predicted molar refractivity (Wildman–Crippen MR) is 84.5 cm³/mol. The van der Waals surface area contributed by atoms with Crippen molar-refractivity contribution in [1.29, 1.82) is 0 Å². The number of halogens is 2. The molecular formula is C15H19Cl2N3. The van der Waals surface area contributed by atoms with Gasteiger partial charge in [-0.15, -0.1) is 0 Å². The number of nitrogens with one attached hydrogen (secondary N) is 1. The number of nitrogens with zero attached hydrogens (tertiary/aromatic N) is 2. The van der Waals surface area contributed by atoms with Crippen LogP contribution in [0.25, 0.3) is 0 Å². The van der Waals surface area contributed by atoms with Crippen molar-refractivity contribution in [1.82, 2.24) is 14.9 Å². The summed E-state index contributed by atoms with van der Waals surface area (Å²) in [7, 11) is 0. The van der Waals surface area contributed by atoms with E-state index in [1.165, 1.54) is 0 Å². The maximum absolute atomic E-state index is 6.26. The van der Waals surface area contributed by atoms with Gasteiger partial charge in [0.25, 0.3) is 0 Å². The molecule has 0 unspecified atom stereocenters. The van der Waals surface area contributed by atoms with Gasteiger partial charge in [-0.1, -0.05) is 42.3 Å². The summed E-state index contributed by atoms with van der Waals surface area (Å²) in [6, 6.07) is 5.72. The van der Waals surface area contributed by atoms with E-state index in [0.717, 1.165) is 36.6 Å². The third-order valence-corrected chi connectivity index (χ3v) is 4.09. The average molecular weight is 312 g/mol. The fraction of sp³-hybridized carbons (Fsp3) is 0.400. The Labute approximate surface area is 129 Å². The van der Waals surface area contributed by atoms with E-state index in [0.29, 0.717) is 16.6 Å². The van der Waals surface area contributed by atoms with Crippen molar-refractivity contribution in [3.63, 3.8) is 0 Å². The molecule has 0 saturated heterocycles. The Bertz CT molecular complexity index is 578. The monoisotopic (exact) mass is 311 g/mol. The molecule has 5 heteroatoms. The molecule has 108 valence electrons. The molecule has 1 aromatic heterocycles. The quantitative estimate of drug-likeness (QED) is 0.816. The van der Waals surface area contributed by atoms with E-state index < -0.39 is 0 Å². The SMILES string of the molecule is CCCNCc1cnc(C)n1Cc1cccc(Cl)c1Cl. The highest BCUT2D eigenvalue weighted by Crippen LogP contribution is 2.26. The fourth-order valence-corrected chi connectivity index (χ4v) is 2.49. The van der Waals surface area contributed by atoms with E-state index in [-0.39, 0.29) is 0 Å². The summed E-state index contributed by atoms with van der Waals surface area (Å²) in [6.07, 6.45) is 3.03. The van der Waals surface area contributed by atoms with Gasteiger partial charge < -0.3 is 9.88 Å². The zero-order valence-electron chi connectivity index (χ0n) is 11.8. The third-order valence-electron chi connectivity index (χ3n) is 3.23. The fourth-order valence-electron chi connectivity index (χ4n) is 2.11. The van der Waals surface area contributed by atoms with Crippen molar-refractivity contribution < 1.29 is 0 Å². The van der Waals surface area contributed by atoms with Crippen LogP contribution in [0.2, 0.25) is 10.0 Å². The van der Waals surface area contributed by atoms with Gasteiger partial charge in [0, 0.05) is 12.7 Å². The first-order valence-electron chi connectivity index (χ1n) is 6.78. The smallest absolute Gasteiger partial charge is 0.106 e. The molecule has 0 aliphatic heterocycles. The maximum Gasteiger partial charge on any atom is 0.106 e. The summed E-state index contributed by atoms with van der Waals surface area (Å²) in [5.74, 6) is 0.981. The van der Waals surface area contributed by atoms with Gasteiger partial charge in [-0.05, 0) is 31.5 Å². The van der Waals surface area contributed by atoms with Crippen molar-refractivity contribution in [2.24, 2.45) is 0 Å². The lowest BCUT2D eigenvalue weighted by Gasteiger charge is -2.12. The second kappa shape index (κ2) is 7.11. The van der Waals surface area contributed by atoms with Gasteiger partial charge in [0.2, 0.25) is 0 Å². The molecule has 0 fully saturated rings. The van der Waals surface area contributed by atoms with Crippen LogP contribution in [0.1, 0.15) is 30.4 Å². The van der Waals surface area contributed by atoms with Crippen molar-refractivity contribution in [3.8, 4) is 0 Å². The van der Waals surface area contributed by atoms with Crippen LogP contribution < -0.4 is 5.32 Å². The summed E-state index contributed by atoms with van der Waals surface area (Å²) < 4.78 is 2.17. The first-order chi connectivity index (χ1) is 9.63. The number of aromatic nitrogens is 2. The molecule has 3 nitrogen and oxygen atoms in total. The van der Waals surface area contributed by atoms with Gasteiger partial charge in [-0.2, -0.15) is 0 Å². The van der Waals surface area contributed by atoms with Crippen LogP contribution in [-0.2, 0) is 13.1 Å². The van der Waals surface area contributed by atoms with Gasteiger partial charge in [-0.3, -0.25) is 0 Å². The highest BCUT2D eigenvalue weighted by molar-refractivity contribution is 6.42. The molecule has 1 aromatic carbocycles. The minimum Gasteiger partial charge on any atom is -0.327 e. The van der Waals surface area contributed by atoms with Crippen LogP contribution in [0, 0.1) is 6.92 Å². The molecule has 2 aromatic rings. The summed E-state index contributed by atoms with van der Waals surface area (Å²) in [5.41, 5.74) is 2.17. The number of aryl methyl sites for hydroxylation is 1. The molecule has 0 amide bonds. The van der Waals surface area contributed by atoms with Crippen LogP contribution in [0.4, 0.5) is 0 Å². The van der Waals surface area contributed by atoms with Crippen LogP contribution in [0.3, 0.4) is 0 Å². The van der Waals surface area contributed by atoms with E-state index in [9.17, 15) is 0 Å². The minimum absolute atomic E-state index is 0.590. The Kier molecular flexibility index (Phi) is 5.46. The van der Waals surface area contributed by atoms with Gasteiger partial charge in [0.05, 0.1) is 22.3 Å². The Morgan fingerprint density at radius 2 is 2.10 bits per heavy atom. The standard InChI is InChI=1S/C15H19Cl2N3/c1-3-7-18-8-13-9-19-11(2)20(13)10-12-5-4-6-14(16)15(12)17/h4-6,9,18H,3,7-8,10H2,1-2H3. The number of rotatable bonds is 6. The first-order valence-corrected chi connectivity index (χ1v) is 7.53. The van der Waals surface area contributed by atoms with E-state index >= 15 is 0 Å². The molecule has 0 aliphatic rings. The van der Waals surface area contributed by atoms with Crippen LogP contribution in [0.5, 0.6) is 0 Å². The molecule has 0 aliphatic carbocycles.